The molecule has 1 rings (SSSR count). The molecule has 2 atom stereocenters. The maximum Gasteiger partial charge on any atom is 0.0104 e. The van der Waals surface area contributed by atoms with E-state index >= 15 is 0 Å². The van der Waals surface area contributed by atoms with Gasteiger partial charge >= 0.3 is 0 Å². The van der Waals surface area contributed by atoms with Crippen molar-refractivity contribution in [1.82, 2.24) is 10.2 Å². The molecule has 0 saturated heterocycles. The lowest BCUT2D eigenvalue weighted by Gasteiger charge is -2.19. The van der Waals surface area contributed by atoms with Gasteiger partial charge < -0.3 is 10.2 Å². The Bertz CT molecular complexity index is 159. The van der Waals surface area contributed by atoms with Gasteiger partial charge in [0.25, 0.3) is 0 Å². The monoisotopic (exact) mass is 212 g/mol. The number of hydrogen-bond donors (Lipinski definition) is 1. The van der Waals surface area contributed by atoms with Crippen molar-refractivity contribution in [3.05, 3.63) is 0 Å². The van der Waals surface area contributed by atoms with Crippen LogP contribution in [0.2, 0.25) is 0 Å². The van der Waals surface area contributed by atoms with Crippen molar-refractivity contribution in [2.45, 2.75) is 52.0 Å². The van der Waals surface area contributed by atoms with Gasteiger partial charge in [-0.15, -0.1) is 0 Å². The fourth-order valence-corrected chi connectivity index (χ4v) is 2.31. The summed E-state index contributed by atoms with van der Waals surface area (Å²) in [5.74, 6) is 0.954. The minimum atomic E-state index is 0.792. The molecular weight excluding hydrogens is 184 g/mol. The second-order valence-corrected chi connectivity index (χ2v) is 5.16. The summed E-state index contributed by atoms with van der Waals surface area (Å²) in [5.41, 5.74) is 0. The van der Waals surface area contributed by atoms with Gasteiger partial charge in [-0.3, -0.25) is 0 Å². The van der Waals surface area contributed by atoms with Crippen molar-refractivity contribution in [1.29, 1.82) is 0 Å². The summed E-state index contributed by atoms with van der Waals surface area (Å²) in [6.07, 6.45) is 7.05. The molecule has 2 heteroatoms. The van der Waals surface area contributed by atoms with E-state index in [9.17, 15) is 0 Å². The van der Waals surface area contributed by atoms with Crippen LogP contribution in [0, 0.1) is 5.92 Å². The van der Waals surface area contributed by atoms with Crippen LogP contribution in [0.3, 0.4) is 0 Å². The molecule has 0 aromatic rings. The molecule has 0 aromatic heterocycles. The lowest BCUT2D eigenvalue weighted by Crippen LogP contribution is -2.35. The maximum atomic E-state index is 3.71. The molecule has 0 aromatic carbocycles. The summed E-state index contributed by atoms with van der Waals surface area (Å²) < 4.78 is 0. The molecule has 0 heterocycles. The van der Waals surface area contributed by atoms with Gasteiger partial charge in [0.15, 0.2) is 0 Å². The third kappa shape index (κ3) is 5.53. The Kier molecular flexibility index (Phi) is 6.26. The molecular formula is C13H28N2. The quantitative estimate of drug-likeness (QED) is 0.704. The molecule has 1 N–H and O–H groups in total. The first-order valence-electron chi connectivity index (χ1n) is 6.64. The lowest BCUT2D eigenvalue weighted by atomic mass is 10.0. The number of rotatable bonds is 5. The lowest BCUT2D eigenvalue weighted by molar-refractivity contribution is 0.332. The zero-order valence-electron chi connectivity index (χ0n) is 10.8. The highest BCUT2D eigenvalue weighted by atomic mass is 15.1. The van der Waals surface area contributed by atoms with Crippen molar-refractivity contribution < 1.29 is 0 Å². The van der Waals surface area contributed by atoms with Crippen molar-refractivity contribution in [2.24, 2.45) is 5.92 Å². The number of nitrogens with zero attached hydrogens (tertiary/aromatic N) is 1. The Morgan fingerprint density at radius 2 is 2.00 bits per heavy atom. The van der Waals surface area contributed by atoms with Crippen LogP contribution in [0.15, 0.2) is 0 Å². The van der Waals surface area contributed by atoms with Gasteiger partial charge in [-0.1, -0.05) is 26.7 Å². The Morgan fingerprint density at radius 3 is 2.73 bits per heavy atom. The van der Waals surface area contributed by atoms with Crippen LogP contribution in [-0.4, -0.2) is 37.6 Å². The summed E-state index contributed by atoms with van der Waals surface area (Å²) in [6, 6.07) is 0.792. The average molecular weight is 212 g/mol. The van der Waals surface area contributed by atoms with Crippen LogP contribution in [-0.2, 0) is 0 Å². The molecule has 0 amide bonds. The predicted molar refractivity (Wildman–Crippen MR) is 67.2 cm³/mol. The minimum absolute atomic E-state index is 0.792. The first kappa shape index (κ1) is 13.0. The molecule has 1 aliphatic rings. The van der Waals surface area contributed by atoms with E-state index in [-0.39, 0.29) is 0 Å². The van der Waals surface area contributed by atoms with Crippen LogP contribution in [0.25, 0.3) is 0 Å². The first-order chi connectivity index (χ1) is 7.22. The highest BCUT2D eigenvalue weighted by molar-refractivity contribution is 4.73. The zero-order chi connectivity index (χ0) is 11.1. The fourth-order valence-electron chi connectivity index (χ4n) is 2.31. The van der Waals surface area contributed by atoms with E-state index in [1.807, 2.05) is 0 Å². The first-order valence-corrected chi connectivity index (χ1v) is 6.64. The molecule has 1 saturated carbocycles. The summed E-state index contributed by atoms with van der Waals surface area (Å²) in [6.45, 7) is 8.11. The normalized spacial score (nSPS) is 28.0. The molecule has 1 aliphatic carbocycles. The van der Waals surface area contributed by atoms with E-state index in [0.717, 1.165) is 25.0 Å². The second-order valence-electron chi connectivity index (χ2n) is 5.16. The fraction of sp³-hybridized carbons (Fsp3) is 1.00. The predicted octanol–water partition coefficient (Wildman–Crippen LogP) is 2.50. The second kappa shape index (κ2) is 7.24. The highest BCUT2D eigenvalue weighted by Gasteiger charge is 2.15. The van der Waals surface area contributed by atoms with Gasteiger partial charge in [-0.25, -0.2) is 0 Å². The standard InChI is InChI=1S/C13H28N2/c1-4-15(3)11-10-14-13-7-5-6-12(2)8-9-13/h12-14H,4-11H2,1-3H3. The van der Waals surface area contributed by atoms with E-state index in [1.165, 1.54) is 38.6 Å². The number of hydrogen-bond acceptors (Lipinski definition) is 2. The molecule has 2 unspecified atom stereocenters. The van der Waals surface area contributed by atoms with Crippen molar-refractivity contribution in [2.75, 3.05) is 26.7 Å². The molecule has 2 nitrogen and oxygen atoms in total. The molecule has 0 spiro atoms. The minimum Gasteiger partial charge on any atom is -0.313 e. The van der Waals surface area contributed by atoms with Gasteiger partial charge in [0.2, 0.25) is 0 Å². The Morgan fingerprint density at radius 1 is 1.20 bits per heavy atom. The average Bonchev–Trinajstić information content (AvgIpc) is 2.43. The van der Waals surface area contributed by atoms with Crippen LogP contribution < -0.4 is 5.32 Å². The SMILES string of the molecule is CCN(C)CCNC1CCCC(C)CC1. The Hall–Kier alpha value is -0.0800. The van der Waals surface area contributed by atoms with Gasteiger partial charge in [-0.05, 0) is 38.8 Å². The van der Waals surface area contributed by atoms with Gasteiger partial charge in [-0.2, -0.15) is 0 Å². The van der Waals surface area contributed by atoms with Crippen LogP contribution in [0.1, 0.15) is 46.0 Å². The molecule has 1 fully saturated rings. The third-order valence-corrected chi connectivity index (χ3v) is 3.72. The molecule has 90 valence electrons. The van der Waals surface area contributed by atoms with E-state index in [0.29, 0.717) is 0 Å². The summed E-state index contributed by atoms with van der Waals surface area (Å²) in [4.78, 5) is 2.37. The zero-order valence-corrected chi connectivity index (χ0v) is 10.8. The van der Waals surface area contributed by atoms with Gasteiger partial charge in [0, 0.05) is 19.1 Å². The van der Waals surface area contributed by atoms with E-state index in [1.54, 1.807) is 0 Å². The summed E-state index contributed by atoms with van der Waals surface area (Å²) in [5, 5.41) is 3.71. The number of likely N-dealkylation sites (N-methyl/N-ethyl adjacent to an activating group) is 1. The highest BCUT2D eigenvalue weighted by Crippen LogP contribution is 2.22. The van der Waals surface area contributed by atoms with E-state index in [4.69, 9.17) is 0 Å². The molecule has 0 aliphatic heterocycles. The topological polar surface area (TPSA) is 15.3 Å². The Labute approximate surface area is 95.4 Å². The van der Waals surface area contributed by atoms with Gasteiger partial charge in [0.1, 0.15) is 0 Å². The molecule has 15 heavy (non-hydrogen) atoms. The van der Waals surface area contributed by atoms with Crippen molar-refractivity contribution in [3.8, 4) is 0 Å². The Balaban J connectivity index is 2.10. The van der Waals surface area contributed by atoms with E-state index < -0.39 is 0 Å². The molecule has 0 bridgehead atoms. The van der Waals surface area contributed by atoms with Crippen molar-refractivity contribution >= 4 is 0 Å². The van der Waals surface area contributed by atoms with E-state index in [2.05, 4.69) is 31.1 Å². The smallest absolute Gasteiger partial charge is 0.0104 e. The largest absolute Gasteiger partial charge is 0.313 e. The van der Waals surface area contributed by atoms with Crippen LogP contribution in [0.4, 0.5) is 0 Å². The van der Waals surface area contributed by atoms with Gasteiger partial charge in [0.05, 0.1) is 0 Å². The number of nitrogens with one attached hydrogen (secondary N) is 1. The third-order valence-electron chi connectivity index (χ3n) is 3.72. The summed E-state index contributed by atoms with van der Waals surface area (Å²) in [7, 11) is 2.19. The maximum absolute atomic E-state index is 3.71. The van der Waals surface area contributed by atoms with Crippen LogP contribution >= 0.6 is 0 Å². The molecule has 0 radical (unpaired) electrons. The van der Waals surface area contributed by atoms with Crippen LogP contribution in [0.5, 0.6) is 0 Å². The summed E-state index contributed by atoms with van der Waals surface area (Å²) >= 11 is 0. The van der Waals surface area contributed by atoms with Crippen molar-refractivity contribution in [3.63, 3.8) is 0 Å².